The van der Waals surface area contributed by atoms with E-state index in [2.05, 4.69) is 12.2 Å². The van der Waals surface area contributed by atoms with Crippen LogP contribution in [-0.2, 0) is 23.8 Å². The Labute approximate surface area is 174 Å². The Bertz CT molecular complexity index is 905. The number of esters is 3. The van der Waals surface area contributed by atoms with Gasteiger partial charge in [-0.3, -0.25) is 4.79 Å². The Balaban J connectivity index is 1.95. The minimum atomic E-state index is -0.928. The Morgan fingerprint density at radius 2 is 1.57 bits per heavy atom. The van der Waals surface area contributed by atoms with Gasteiger partial charge in [0.1, 0.15) is 5.60 Å². The Hall–Kier alpha value is -3.16. The number of nitrogens with one attached hydrogen (secondary N) is 1. The lowest BCUT2D eigenvalue weighted by Crippen LogP contribution is -2.40. The van der Waals surface area contributed by atoms with E-state index in [1.807, 2.05) is 0 Å². The van der Waals surface area contributed by atoms with Crippen LogP contribution in [0.25, 0.3) is 0 Å². The second-order valence-electron chi connectivity index (χ2n) is 7.80. The summed E-state index contributed by atoms with van der Waals surface area (Å²) in [6.07, 6.45) is 2.86. The number of carbonyl (C=O) groups excluding carboxylic acids is 4. The zero-order valence-corrected chi connectivity index (χ0v) is 17.5. The molecule has 0 atom stereocenters. The molecule has 1 N–H and O–H groups in total. The second kappa shape index (κ2) is 8.30. The highest BCUT2D eigenvalue weighted by Crippen LogP contribution is 2.45. The first kappa shape index (κ1) is 21.5. The van der Waals surface area contributed by atoms with Crippen molar-refractivity contribution >= 4 is 29.5 Å². The molecule has 1 aromatic rings. The van der Waals surface area contributed by atoms with Crippen molar-refractivity contribution in [1.82, 2.24) is 0 Å². The van der Waals surface area contributed by atoms with Crippen LogP contribution in [0.15, 0.2) is 29.3 Å². The molecule has 3 rings (SSSR count). The van der Waals surface area contributed by atoms with Gasteiger partial charge in [0.15, 0.2) is 0 Å². The molecule has 0 radical (unpaired) electrons. The Kier molecular flexibility index (Phi) is 5.96. The van der Waals surface area contributed by atoms with Gasteiger partial charge >= 0.3 is 17.9 Å². The van der Waals surface area contributed by atoms with E-state index in [0.717, 1.165) is 12.8 Å². The topological polar surface area (TPSA) is 108 Å². The van der Waals surface area contributed by atoms with Crippen LogP contribution in [0, 0.1) is 5.92 Å². The SMILES string of the molecule is COC(=O)c1cc(NC(=O)C2=C(C)C(=O)OC23CCC(C)CC3)cc(C(=O)OC)c1. The molecule has 0 aromatic heterocycles. The lowest BCUT2D eigenvalue weighted by atomic mass is 9.75. The molecule has 8 nitrogen and oxygen atoms in total. The van der Waals surface area contributed by atoms with Crippen molar-refractivity contribution < 1.29 is 33.4 Å². The summed E-state index contributed by atoms with van der Waals surface area (Å²) in [4.78, 5) is 49.4. The van der Waals surface area contributed by atoms with E-state index in [4.69, 9.17) is 14.2 Å². The van der Waals surface area contributed by atoms with Gasteiger partial charge in [-0.25, -0.2) is 14.4 Å². The molecule has 1 heterocycles. The van der Waals surface area contributed by atoms with E-state index in [1.54, 1.807) is 6.92 Å². The van der Waals surface area contributed by atoms with Gasteiger partial charge in [0.05, 0.1) is 30.9 Å². The summed E-state index contributed by atoms with van der Waals surface area (Å²) in [7, 11) is 2.43. The summed E-state index contributed by atoms with van der Waals surface area (Å²) in [5.41, 5.74) is 0.0370. The number of carbonyl (C=O) groups is 4. The molecule has 1 aliphatic carbocycles. The summed E-state index contributed by atoms with van der Waals surface area (Å²) in [5, 5.41) is 2.71. The minimum Gasteiger partial charge on any atom is -0.465 e. The fraction of sp³-hybridized carbons (Fsp3) is 0.455. The number of ether oxygens (including phenoxy) is 3. The van der Waals surface area contributed by atoms with E-state index in [1.165, 1.54) is 32.4 Å². The van der Waals surface area contributed by atoms with Gasteiger partial charge in [-0.05, 0) is 56.7 Å². The fourth-order valence-electron chi connectivity index (χ4n) is 4.07. The highest BCUT2D eigenvalue weighted by molar-refractivity contribution is 6.13. The van der Waals surface area contributed by atoms with Crippen LogP contribution < -0.4 is 5.32 Å². The number of benzene rings is 1. The van der Waals surface area contributed by atoms with E-state index in [0.29, 0.717) is 24.3 Å². The van der Waals surface area contributed by atoms with Crippen molar-refractivity contribution in [3.05, 3.63) is 40.5 Å². The third-order valence-electron chi connectivity index (χ3n) is 5.77. The normalized spacial score (nSPS) is 23.2. The molecule has 8 heteroatoms. The molecule has 1 aromatic carbocycles. The third kappa shape index (κ3) is 3.94. The number of rotatable bonds is 4. The van der Waals surface area contributed by atoms with Gasteiger partial charge < -0.3 is 19.5 Å². The van der Waals surface area contributed by atoms with Crippen LogP contribution >= 0.6 is 0 Å². The lowest BCUT2D eigenvalue weighted by molar-refractivity contribution is -0.150. The van der Waals surface area contributed by atoms with Crippen LogP contribution in [0.3, 0.4) is 0 Å². The van der Waals surface area contributed by atoms with Crippen molar-refractivity contribution in [2.75, 3.05) is 19.5 Å². The van der Waals surface area contributed by atoms with Crippen molar-refractivity contribution in [2.45, 2.75) is 45.1 Å². The number of hydrogen-bond acceptors (Lipinski definition) is 7. The summed E-state index contributed by atoms with van der Waals surface area (Å²) in [6, 6.07) is 4.13. The van der Waals surface area contributed by atoms with E-state index in [9.17, 15) is 19.2 Å². The Morgan fingerprint density at radius 3 is 2.07 bits per heavy atom. The maximum atomic E-state index is 13.2. The van der Waals surface area contributed by atoms with Crippen molar-refractivity contribution in [2.24, 2.45) is 5.92 Å². The third-order valence-corrected chi connectivity index (χ3v) is 5.77. The summed E-state index contributed by atoms with van der Waals surface area (Å²) in [6.45, 7) is 3.71. The smallest absolute Gasteiger partial charge is 0.337 e. The molecular weight excluding hydrogens is 390 g/mol. The molecule has 30 heavy (non-hydrogen) atoms. The van der Waals surface area contributed by atoms with Crippen molar-refractivity contribution in [3.8, 4) is 0 Å². The largest absolute Gasteiger partial charge is 0.465 e. The first-order chi connectivity index (χ1) is 14.2. The Morgan fingerprint density at radius 1 is 1.03 bits per heavy atom. The molecule has 1 spiro atoms. The molecule has 0 unspecified atom stereocenters. The zero-order valence-electron chi connectivity index (χ0n) is 17.5. The first-order valence-corrected chi connectivity index (χ1v) is 9.78. The molecule has 1 aliphatic heterocycles. The zero-order chi connectivity index (χ0) is 22.1. The molecule has 1 saturated carbocycles. The fourth-order valence-corrected chi connectivity index (χ4v) is 4.07. The van der Waals surface area contributed by atoms with Crippen LogP contribution in [0.4, 0.5) is 5.69 Å². The average molecular weight is 415 g/mol. The van der Waals surface area contributed by atoms with E-state index in [-0.39, 0.29) is 22.4 Å². The van der Waals surface area contributed by atoms with Gasteiger partial charge in [0, 0.05) is 11.3 Å². The van der Waals surface area contributed by atoms with Gasteiger partial charge in [0.25, 0.3) is 5.91 Å². The molecule has 1 fully saturated rings. The van der Waals surface area contributed by atoms with Crippen LogP contribution in [0.5, 0.6) is 0 Å². The molecule has 160 valence electrons. The molecule has 1 amide bonds. The van der Waals surface area contributed by atoms with Gasteiger partial charge in [-0.1, -0.05) is 6.92 Å². The highest BCUT2D eigenvalue weighted by atomic mass is 16.6. The average Bonchev–Trinajstić information content (AvgIpc) is 2.98. The predicted molar refractivity (Wildman–Crippen MR) is 107 cm³/mol. The molecule has 0 bridgehead atoms. The van der Waals surface area contributed by atoms with Gasteiger partial charge in [-0.2, -0.15) is 0 Å². The quantitative estimate of drug-likeness (QED) is 0.595. The number of anilines is 1. The van der Waals surface area contributed by atoms with Crippen LogP contribution in [0.2, 0.25) is 0 Å². The monoisotopic (exact) mass is 415 g/mol. The van der Waals surface area contributed by atoms with Crippen molar-refractivity contribution in [1.29, 1.82) is 0 Å². The number of hydrogen-bond donors (Lipinski definition) is 1. The summed E-state index contributed by atoms with van der Waals surface area (Å²) >= 11 is 0. The second-order valence-corrected chi connectivity index (χ2v) is 7.80. The molecule has 0 saturated heterocycles. The number of methoxy groups -OCH3 is 2. The number of amides is 1. The first-order valence-electron chi connectivity index (χ1n) is 9.78. The van der Waals surface area contributed by atoms with Crippen LogP contribution in [-0.4, -0.2) is 43.6 Å². The lowest BCUT2D eigenvalue weighted by Gasteiger charge is -2.36. The van der Waals surface area contributed by atoms with Gasteiger partial charge in [-0.15, -0.1) is 0 Å². The van der Waals surface area contributed by atoms with Crippen molar-refractivity contribution in [3.63, 3.8) is 0 Å². The molecule has 2 aliphatic rings. The van der Waals surface area contributed by atoms with E-state index >= 15 is 0 Å². The van der Waals surface area contributed by atoms with E-state index < -0.39 is 29.4 Å². The summed E-state index contributed by atoms with van der Waals surface area (Å²) < 4.78 is 15.1. The van der Waals surface area contributed by atoms with Gasteiger partial charge in [0.2, 0.25) is 0 Å². The maximum Gasteiger partial charge on any atom is 0.337 e. The molecular formula is C22H25NO7. The maximum absolute atomic E-state index is 13.2. The predicted octanol–water partition coefficient (Wildman–Crippen LogP) is 3.02. The minimum absolute atomic E-state index is 0.0846. The summed E-state index contributed by atoms with van der Waals surface area (Å²) in [5.74, 6) is -1.81. The van der Waals surface area contributed by atoms with Crippen LogP contribution in [0.1, 0.15) is 60.2 Å². The standard InChI is InChI=1S/C22H25NO7/c1-12-5-7-22(8-6-12)17(13(2)19(25)30-22)18(24)23-16-10-14(20(26)28-3)9-15(11-16)21(27)29-4/h9-12H,5-8H2,1-4H3,(H,23,24). The highest BCUT2D eigenvalue weighted by Gasteiger charge is 2.50.